The summed E-state index contributed by atoms with van der Waals surface area (Å²) in [5.41, 5.74) is 0. The largest absolute Gasteiger partial charge is 0.314 e. The van der Waals surface area contributed by atoms with Crippen LogP contribution in [0.1, 0.15) is 90.4 Å². The summed E-state index contributed by atoms with van der Waals surface area (Å²) in [6, 6.07) is 0.766. The number of nitrogens with one attached hydrogen (secondary N) is 1. The highest BCUT2D eigenvalue weighted by atomic mass is 14.9. The van der Waals surface area contributed by atoms with E-state index in [1.807, 2.05) is 0 Å². The second kappa shape index (κ2) is 9.00. The van der Waals surface area contributed by atoms with E-state index in [1.54, 1.807) is 0 Å². The molecular formula is C18H35N. The van der Waals surface area contributed by atoms with E-state index in [4.69, 9.17) is 0 Å². The fraction of sp³-hybridized carbons (Fsp3) is 1.00. The van der Waals surface area contributed by atoms with Crippen LogP contribution in [0.15, 0.2) is 0 Å². The van der Waals surface area contributed by atoms with Gasteiger partial charge >= 0.3 is 0 Å². The molecule has 0 amide bonds. The van der Waals surface area contributed by atoms with Crippen molar-refractivity contribution in [3.63, 3.8) is 0 Å². The molecule has 1 aliphatic carbocycles. The number of piperidine rings is 1. The molecule has 0 aromatic rings. The molecule has 0 aromatic carbocycles. The predicted molar refractivity (Wildman–Crippen MR) is 84.5 cm³/mol. The fourth-order valence-corrected chi connectivity index (χ4v) is 4.09. The molecule has 2 atom stereocenters. The SMILES string of the molecule is CC1CCC(C2CCCCCCCCCCC2)CN1. The summed E-state index contributed by atoms with van der Waals surface area (Å²) in [6.07, 6.45) is 19.4. The molecule has 1 N–H and O–H groups in total. The molecule has 0 aromatic heterocycles. The Kier molecular flexibility index (Phi) is 7.27. The van der Waals surface area contributed by atoms with Gasteiger partial charge in [0.25, 0.3) is 0 Å². The Labute approximate surface area is 120 Å². The first-order chi connectivity index (χ1) is 9.36. The predicted octanol–water partition coefficient (Wildman–Crippen LogP) is 5.30. The van der Waals surface area contributed by atoms with Gasteiger partial charge in [-0.1, -0.05) is 70.6 Å². The van der Waals surface area contributed by atoms with Crippen LogP contribution < -0.4 is 5.32 Å². The van der Waals surface area contributed by atoms with E-state index in [0.29, 0.717) is 0 Å². The molecule has 2 unspecified atom stereocenters. The lowest BCUT2D eigenvalue weighted by Crippen LogP contribution is -2.39. The van der Waals surface area contributed by atoms with Gasteiger partial charge < -0.3 is 5.32 Å². The van der Waals surface area contributed by atoms with Crippen molar-refractivity contribution in [1.29, 1.82) is 0 Å². The lowest BCUT2D eigenvalue weighted by atomic mass is 9.78. The first-order valence-electron chi connectivity index (χ1n) is 9.09. The monoisotopic (exact) mass is 265 g/mol. The Hall–Kier alpha value is -0.0400. The van der Waals surface area contributed by atoms with Crippen LogP contribution in [0.25, 0.3) is 0 Å². The van der Waals surface area contributed by atoms with Gasteiger partial charge in [0.15, 0.2) is 0 Å². The molecule has 1 saturated carbocycles. The van der Waals surface area contributed by atoms with Crippen LogP contribution in [0.3, 0.4) is 0 Å². The van der Waals surface area contributed by atoms with Gasteiger partial charge in [-0.2, -0.15) is 0 Å². The highest BCUT2D eigenvalue weighted by Crippen LogP contribution is 2.31. The zero-order chi connectivity index (χ0) is 13.3. The van der Waals surface area contributed by atoms with Crippen molar-refractivity contribution in [3.8, 4) is 0 Å². The minimum Gasteiger partial charge on any atom is -0.314 e. The minimum absolute atomic E-state index is 0.766. The molecular weight excluding hydrogens is 230 g/mol. The summed E-state index contributed by atoms with van der Waals surface area (Å²) in [5.74, 6) is 2.01. The maximum Gasteiger partial charge on any atom is 0.00389 e. The zero-order valence-corrected chi connectivity index (χ0v) is 13.1. The van der Waals surface area contributed by atoms with Crippen molar-refractivity contribution < 1.29 is 0 Å². The maximum atomic E-state index is 3.72. The van der Waals surface area contributed by atoms with E-state index in [9.17, 15) is 0 Å². The molecule has 0 bridgehead atoms. The average molecular weight is 265 g/mol. The summed E-state index contributed by atoms with van der Waals surface area (Å²) < 4.78 is 0. The molecule has 1 nitrogen and oxygen atoms in total. The van der Waals surface area contributed by atoms with Gasteiger partial charge in [0.1, 0.15) is 0 Å². The van der Waals surface area contributed by atoms with Crippen LogP contribution in [0, 0.1) is 11.8 Å². The van der Waals surface area contributed by atoms with Gasteiger partial charge in [-0.05, 0) is 38.1 Å². The molecule has 1 saturated heterocycles. The normalized spacial score (nSPS) is 33.3. The van der Waals surface area contributed by atoms with Crippen molar-refractivity contribution in [2.75, 3.05) is 6.54 Å². The second-order valence-corrected chi connectivity index (χ2v) is 7.17. The Morgan fingerprint density at radius 1 is 0.579 bits per heavy atom. The van der Waals surface area contributed by atoms with Gasteiger partial charge in [-0.15, -0.1) is 0 Å². The van der Waals surface area contributed by atoms with E-state index in [-0.39, 0.29) is 0 Å². The highest BCUT2D eigenvalue weighted by Gasteiger charge is 2.25. The number of rotatable bonds is 1. The van der Waals surface area contributed by atoms with E-state index >= 15 is 0 Å². The third kappa shape index (κ3) is 5.85. The summed E-state index contributed by atoms with van der Waals surface area (Å²) >= 11 is 0. The quantitative estimate of drug-likeness (QED) is 0.679. The van der Waals surface area contributed by atoms with Crippen LogP contribution in [0.4, 0.5) is 0 Å². The number of hydrogen-bond acceptors (Lipinski definition) is 1. The summed E-state index contributed by atoms with van der Waals surface area (Å²) in [6.45, 7) is 3.64. The average Bonchev–Trinajstić information content (AvgIpc) is 2.41. The smallest absolute Gasteiger partial charge is 0.00389 e. The Bertz CT molecular complexity index is 206. The molecule has 0 spiro atoms. The van der Waals surface area contributed by atoms with Crippen molar-refractivity contribution in [2.24, 2.45) is 11.8 Å². The standard InChI is InChI=1S/C18H35N/c1-16-13-14-18(15-19-16)17-11-9-7-5-3-2-4-6-8-10-12-17/h16-19H,2-15H2,1H3. The van der Waals surface area contributed by atoms with Gasteiger partial charge in [0.2, 0.25) is 0 Å². The Morgan fingerprint density at radius 2 is 1.11 bits per heavy atom. The molecule has 1 heterocycles. The van der Waals surface area contributed by atoms with Crippen molar-refractivity contribution in [2.45, 2.75) is 96.4 Å². The van der Waals surface area contributed by atoms with Crippen molar-refractivity contribution in [3.05, 3.63) is 0 Å². The summed E-state index contributed by atoms with van der Waals surface area (Å²) in [4.78, 5) is 0. The molecule has 0 radical (unpaired) electrons. The van der Waals surface area contributed by atoms with Gasteiger partial charge in [-0.3, -0.25) is 0 Å². The third-order valence-electron chi connectivity index (χ3n) is 5.52. The van der Waals surface area contributed by atoms with Crippen molar-refractivity contribution in [1.82, 2.24) is 5.32 Å². The molecule has 2 rings (SSSR count). The number of hydrogen-bond donors (Lipinski definition) is 1. The molecule has 2 fully saturated rings. The molecule has 1 aliphatic heterocycles. The van der Waals surface area contributed by atoms with Gasteiger partial charge in [0, 0.05) is 6.04 Å². The van der Waals surface area contributed by atoms with Crippen LogP contribution in [0.5, 0.6) is 0 Å². The molecule has 112 valence electrons. The second-order valence-electron chi connectivity index (χ2n) is 7.17. The Morgan fingerprint density at radius 3 is 1.58 bits per heavy atom. The Balaban J connectivity index is 1.77. The topological polar surface area (TPSA) is 12.0 Å². The maximum absolute atomic E-state index is 3.72. The fourth-order valence-electron chi connectivity index (χ4n) is 4.09. The molecule has 19 heavy (non-hydrogen) atoms. The minimum atomic E-state index is 0.766. The van der Waals surface area contributed by atoms with Crippen LogP contribution in [-0.4, -0.2) is 12.6 Å². The lowest BCUT2D eigenvalue weighted by Gasteiger charge is -2.34. The molecule has 1 heteroatoms. The van der Waals surface area contributed by atoms with E-state index in [2.05, 4.69) is 12.2 Å². The zero-order valence-electron chi connectivity index (χ0n) is 13.1. The van der Waals surface area contributed by atoms with Crippen molar-refractivity contribution >= 4 is 0 Å². The van der Waals surface area contributed by atoms with Crippen LogP contribution in [-0.2, 0) is 0 Å². The lowest BCUT2D eigenvalue weighted by molar-refractivity contribution is 0.207. The van der Waals surface area contributed by atoms with Crippen LogP contribution in [0.2, 0.25) is 0 Å². The van der Waals surface area contributed by atoms with E-state index in [0.717, 1.165) is 17.9 Å². The summed E-state index contributed by atoms with van der Waals surface area (Å²) in [7, 11) is 0. The first-order valence-corrected chi connectivity index (χ1v) is 9.09. The summed E-state index contributed by atoms with van der Waals surface area (Å²) in [5, 5.41) is 3.72. The molecule has 2 aliphatic rings. The van der Waals surface area contributed by atoms with Gasteiger partial charge in [-0.25, -0.2) is 0 Å². The highest BCUT2D eigenvalue weighted by molar-refractivity contribution is 4.80. The van der Waals surface area contributed by atoms with E-state index in [1.165, 1.54) is 90.0 Å². The van der Waals surface area contributed by atoms with E-state index < -0.39 is 0 Å². The van der Waals surface area contributed by atoms with Gasteiger partial charge in [0.05, 0.1) is 0 Å². The first kappa shape index (κ1) is 15.4. The third-order valence-corrected chi connectivity index (χ3v) is 5.52. The van der Waals surface area contributed by atoms with Crippen LogP contribution >= 0.6 is 0 Å².